The molecule has 3 aliphatic heterocycles. The minimum Gasteiger partial charge on any atom is -0.488 e. The molecule has 0 unspecified atom stereocenters. The lowest BCUT2D eigenvalue weighted by molar-refractivity contribution is -0.145. The fourth-order valence-corrected chi connectivity index (χ4v) is 13.2. The number of H-pyrrole nitrogens is 1. The second-order valence-corrected chi connectivity index (χ2v) is 27.2. The van der Waals surface area contributed by atoms with Crippen LogP contribution in [0.25, 0.3) is 21.3 Å². The number of unbranched alkanes of at least 4 members (excludes halogenated alkanes) is 2. The van der Waals surface area contributed by atoms with Gasteiger partial charge in [-0.2, -0.15) is 0 Å². The highest BCUT2D eigenvalue weighted by molar-refractivity contribution is 7.70. The van der Waals surface area contributed by atoms with Gasteiger partial charge in [-0.25, -0.2) is 9.37 Å². The number of nitrogens with zero attached hydrogens (tertiary/aromatic N) is 4. The van der Waals surface area contributed by atoms with E-state index >= 15 is 4.39 Å². The molecule has 3 aliphatic rings. The molecule has 0 spiro atoms. The first kappa shape index (κ1) is 68.0. The third-order valence-corrected chi connectivity index (χ3v) is 18.6. The Morgan fingerprint density at radius 1 is 0.900 bits per heavy atom. The fourth-order valence-electron chi connectivity index (χ4n) is 11.9. The minimum atomic E-state index is -5.10. The highest BCUT2D eigenvalue weighted by atomic mass is 32.1. The van der Waals surface area contributed by atoms with Crippen molar-refractivity contribution in [2.24, 2.45) is 11.1 Å². The Labute approximate surface area is 524 Å². The monoisotopic (exact) mass is 1280 g/mol. The van der Waals surface area contributed by atoms with Crippen molar-refractivity contribution < 1.29 is 71.7 Å². The van der Waals surface area contributed by atoms with Crippen LogP contribution in [0.15, 0.2) is 66.2 Å². The van der Waals surface area contributed by atoms with Gasteiger partial charge < -0.3 is 66.3 Å². The number of aliphatic hydroxyl groups is 1. The zero-order valence-electron chi connectivity index (χ0n) is 51.5. The Balaban J connectivity index is 0.846. The van der Waals surface area contributed by atoms with Crippen LogP contribution in [0.4, 0.5) is 4.39 Å². The number of amides is 8. The number of nitrogens with one attached hydrogen (secondary N) is 5. The molecule has 484 valence electrons. The number of nitrogens with two attached hydrogens (primary N) is 1. The number of halogens is 1. The molecule has 0 aliphatic carbocycles. The number of fused-ring (bicyclic) bond motifs is 2. The van der Waals surface area contributed by atoms with Gasteiger partial charge in [0, 0.05) is 68.3 Å². The summed E-state index contributed by atoms with van der Waals surface area (Å²) in [5, 5.41) is 22.5. The summed E-state index contributed by atoms with van der Waals surface area (Å²) in [5.74, 6) is -5.06. The van der Waals surface area contributed by atoms with Gasteiger partial charge in [0.2, 0.25) is 41.4 Å². The van der Waals surface area contributed by atoms with E-state index in [1.165, 1.54) is 52.0 Å². The van der Waals surface area contributed by atoms with Crippen molar-refractivity contribution in [2.45, 2.75) is 167 Å². The van der Waals surface area contributed by atoms with Crippen molar-refractivity contribution >= 4 is 82.6 Å². The van der Waals surface area contributed by atoms with Gasteiger partial charge in [0.25, 0.3) is 11.4 Å². The topological polar surface area (TPSA) is 353 Å². The molecule has 5 heterocycles. The smallest absolute Gasteiger partial charge is 0.396 e. The third kappa shape index (κ3) is 16.7. The summed E-state index contributed by atoms with van der Waals surface area (Å²) in [7, 11) is -5.10. The van der Waals surface area contributed by atoms with Crippen LogP contribution in [-0.4, -0.2) is 161 Å². The van der Waals surface area contributed by atoms with Crippen molar-refractivity contribution in [1.82, 2.24) is 45.9 Å². The molecule has 90 heavy (non-hydrogen) atoms. The summed E-state index contributed by atoms with van der Waals surface area (Å²) in [6, 6.07) is 9.92. The van der Waals surface area contributed by atoms with Gasteiger partial charge in [0.15, 0.2) is 11.6 Å². The molecule has 3 aromatic carbocycles. The lowest BCUT2D eigenvalue weighted by Crippen LogP contribution is -2.61. The summed E-state index contributed by atoms with van der Waals surface area (Å²) in [5.41, 5.74) is 8.97. The normalized spacial score (nSPS) is 19.7. The maximum absolute atomic E-state index is 16.3. The fraction of sp³-hybridized carbons (Fsp3) is 0.492. The Kier molecular flexibility index (Phi) is 21.9. The van der Waals surface area contributed by atoms with Crippen LogP contribution < -0.4 is 31.7 Å². The molecule has 8 amide bonds. The number of primary amides is 1. The molecule has 27 heteroatoms. The van der Waals surface area contributed by atoms with Crippen LogP contribution in [0, 0.1) is 25.1 Å². The van der Waals surface area contributed by atoms with E-state index in [0.717, 1.165) is 21.7 Å². The number of carbonyl (C=O) groups excluding carboxylic acids is 9. The molecule has 0 radical (unpaired) electrons. The molecule has 5 aromatic rings. The van der Waals surface area contributed by atoms with E-state index in [1.54, 1.807) is 29.8 Å². The molecular weight excluding hydrogens is 1200 g/mol. The number of hydrogen-bond donors (Lipinski definition) is 9. The number of carbonyl (C=O) groups is 9. The van der Waals surface area contributed by atoms with Crippen LogP contribution in [0.1, 0.15) is 148 Å². The minimum absolute atomic E-state index is 0.000610. The molecule has 2 aromatic heterocycles. The summed E-state index contributed by atoms with van der Waals surface area (Å²) in [6.07, 6.45) is 1.58. The van der Waals surface area contributed by atoms with Crippen molar-refractivity contribution in [3.8, 4) is 16.2 Å². The van der Waals surface area contributed by atoms with E-state index in [-0.39, 0.29) is 99.0 Å². The summed E-state index contributed by atoms with van der Waals surface area (Å²) in [6.45, 7) is 11.9. The molecule has 0 bridgehead atoms. The van der Waals surface area contributed by atoms with Gasteiger partial charge in [0.1, 0.15) is 36.5 Å². The third-order valence-electron chi connectivity index (χ3n) is 16.8. The first-order chi connectivity index (χ1) is 42.5. The number of aryl methyl sites for hydroxylation is 3. The number of thiazole rings is 1. The van der Waals surface area contributed by atoms with Crippen LogP contribution in [0.5, 0.6) is 5.75 Å². The summed E-state index contributed by atoms with van der Waals surface area (Å²) >= 11 is 1.54. The maximum Gasteiger partial charge on any atom is 0.396 e. The quantitative estimate of drug-likeness (QED) is 0.0277. The van der Waals surface area contributed by atoms with Crippen LogP contribution >= 0.6 is 18.9 Å². The van der Waals surface area contributed by atoms with Crippen molar-refractivity contribution in [3.63, 3.8) is 0 Å². The second kappa shape index (κ2) is 28.9. The number of benzene rings is 3. The van der Waals surface area contributed by atoms with Crippen molar-refractivity contribution in [1.29, 1.82) is 0 Å². The summed E-state index contributed by atoms with van der Waals surface area (Å²) in [4.78, 5) is 153. The van der Waals surface area contributed by atoms with Gasteiger partial charge in [-0.3, -0.25) is 47.7 Å². The van der Waals surface area contributed by atoms with Crippen LogP contribution in [0.3, 0.4) is 0 Å². The zero-order chi connectivity index (χ0) is 65.5. The number of hydrogen-bond acceptors (Lipinski definition) is 14. The van der Waals surface area contributed by atoms with Crippen molar-refractivity contribution in [3.05, 3.63) is 106 Å². The standard InChI is InChI=1S/C63H80FN10O14PS/c1-34-25-40(11-9-8-10-12-53(78)71-56(63(5,6)7)61(83)73-30-45(76)29-50(73)59(81)67-35(2)38-13-15-39(16-14-38)55-36(3)66-33-90-55)54(64)51(26-34)88-32-43(18-22-52(65)77)68-58(80)49-21-19-44-23-24-72(37(4)75)31-48(60(82)74(44)49)70-57(79)47-28-42-27-41(17-20-46(42)69-47)62(84)89(85,86)87/h13-17,20,25-28,33,35,43-45,48-50,56,69,76H,8-12,18-19,21-24,29-32H2,1-7H3,(H2,65,77)(H,67,81)(H,68,80)(H,70,79)(H,71,78)(H2,85,86,87)/t35-,43-,44+,45+,48-,49-,50-,56+/m0/s1. The lowest BCUT2D eigenvalue weighted by atomic mass is 9.85. The van der Waals surface area contributed by atoms with Crippen molar-refractivity contribution in [2.75, 3.05) is 26.2 Å². The summed E-state index contributed by atoms with van der Waals surface area (Å²) < 4.78 is 34.0. The molecule has 3 saturated heterocycles. The number of aliphatic hydroxyl groups excluding tert-OH is 1. The number of likely N-dealkylation sites (tertiary alicyclic amines) is 1. The van der Waals surface area contributed by atoms with Gasteiger partial charge >= 0.3 is 7.60 Å². The van der Waals surface area contributed by atoms with E-state index in [4.69, 9.17) is 10.5 Å². The first-order valence-electron chi connectivity index (χ1n) is 30.2. The number of rotatable bonds is 24. The zero-order valence-corrected chi connectivity index (χ0v) is 53.2. The number of aromatic nitrogens is 2. The molecule has 8 atom stereocenters. The number of ether oxygens (including phenoxy) is 1. The number of β-amino-alcohol motifs (C(OH)–C–C–N with tert-alkyl or cyclic N) is 1. The molecule has 24 nitrogen and oxygen atoms in total. The maximum atomic E-state index is 16.3. The van der Waals surface area contributed by atoms with Gasteiger partial charge in [-0.05, 0) is 124 Å². The Morgan fingerprint density at radius 2 is 1.62 bits per heavy atom. The first-order valence-corrected chi connectivity index (χ1v) is 32.7. The van der Waals surface area contributed by atoms with E-state index in [2.05, 4.69) is 31.2 Å². The Hall–Kier alpha value is -7.90. The highest BCUT2D eigenvalue weighted by Gasteiger charge is 2.47. The highest BCUT2D eigenvalue weighted by Crippen LogP contribution is 2.40. The van der Waals surface area contributed by atoms with E-state index in [0.29, 0.717) is 48.7 Å². The average molecular weight is 1280 g/mol. The predicted molar refractivity (Wildman–Crippen MR) is 332 cm³/mol. The SMILES string of the molecule is CC(=O)N1CC[C@H]2CC[C@@H](C(=O)N[C@@H](CCC(N)=O)COc3cc(C)cc(CCCCCC(=O)N[C@H](C(=O)N4C[C@H](O)C[C@H]4C(=O)N[C@@H](C)c4ccc(-c5scnc5C)cc4)C(C)(C)C)c3F)N2C(=O)[C@@H](NC(=O)c2cc3cc(C(=O)P(=O)(O)O)ccc3[nH]2)C1. The van der Waals surface area contributed by atoms with Crippen LogP contribution in [0.2, 0.25) is 0 Å². The second-order valence-electron chi connectivity index (χ2n) is 24.8. The number of aromatic amines is 1. The lowest BCUT2D eigenvalue weighted by Gasteiger charge is -2.38. The molecule has 8 rings (SSSR count). The molecule has 10 N–H and O–H groups in total. The average Bonchev–Trinajstić information content (AvgIpc) is 1.69. The van der Waals surface area contributed by atoms with Gasteiger partial charge in [-0.1, -0.05) is 57.5 Å². The van der Waals surface area contributed by atoms with Gasteiger partial charge in [-0.15, -0.1) is 11.3 Å². The van der Waals surface area contributed by atoms with Crippen LogP contribution in [-0.2, 0) is 44.5 Å². The predicted octanol–water partition coefficient (Wildman–Crippen LogP) is 5.38. The molecule has 0 saturated carbocycles. The van der Waals surface area contributed by atoms with E-state index in [1.807, 2.05) is 58.9 Å². The Morgan fingerprint density at radius 3 is 2.29 bits per heavy atom. The Bertz CT molecular complexity index is 3580. The van der Waals surface area contributed by atoms with E-state index < -0.39 is 108 Å². The largest absolute Gasteiger partial charge is 0.488 e. The van der Waals surface area contributed by atoms with Gasteiger partial charge in [0.05, 0.1) is 34.3 Å². The molecular formula is C63H80FN10O14PS. The molecule has 3 fully saturated rings. The van der Waals surface area contributed by atoms with E-state index in [9.17, 15) is 62.6 Å².